The van der Waals surface area contributed by atoms with E-state index in [1.54, 1.807) is 11.3 Å². The Morgan fingerprint density at radius 3 is 3.23 bits per heavy atom. The van der Waals surface area contributed by atoms with Crippen molar-refractivity contribution in [2.24, 2.45) is 0 Å². The zero-order valence-corrected chi connectivity index (χ0v) is 7.85. The second-order valence-electron chi connectivity index (χ2n) is 2.98. The van der Waals surface area contributed by atoms with E-state index in [-0.39, 0.29) is 0 Å². The zero-order chi connectivity index (χ0) is 8.84. The second kappa shape index (κ2) is 2.29. The van der Waals surface area contributed by atoms with E-state index in [1.165, 1.54) is 4.70 Å². The fourth-order valence-electron chi connectivity index (χ4n) is 1.52. The monoisotopic (exact) mass is 189 g/mol. The number of thiazole rings is 1. The fraction of sp³-hybridized carbons (Fsp3) is 0.111. The molecule has 0 aliphatic carbocycles. The molecule has 2 aromatic heterocycles. The Kier molecular flexibility index (Phi) is 1.24. The van der Waals surface area contributed by atoms with Crippen molar-refractivity contribution < 1.29 is 0 Å². The quantitative estimate of drug-likeness (QED) is 0.590. The van der Waals surface area contributed by atoms with Gasteiger partial charge in [-0.15, -0.1) is 11.3 Å². The molecular formula is C9H7N3S. The lowest BCUT2D eigenvalue weighted by Crippen LogP contribution is -1.70. The summed E-state index contributed by atoms with van der Waals surface area (Å²) in [5.41, 5.74) is 5.02. The molecule has 1 N–H and O–H groups in total. The van der Waals surface area contributed by atoms with Gasteiger partial charge in [0.2, 0.25) is 0 Å². The maximum Gasteiger partial charge on any atom is 0.108 e. The Morgan fingerprint density at radius 2 is 2.31 bits per heavy atom. The topological polar surface area (TPSA) is 41.6 Å². The molecule has 0 atom stereocenters. The molecule has 0 aliphatic rings. The van der Waals surface area contributed by atoms with Crippen molar-refractivity contribution in [2.45, 2.75) is 6.92 Å². The molecule has 3 aromatic rings. The Morgan fingerprint density at radius 1 is 1.38 bits per heavy atom. The van der Waals surface area contributed by atoms with Gasteiger partial charge in [0.25, 0.3) is 0 Å². The lowest BCUT2D eigenvalue weighted by Gasteiger charge is -1.87. The molecular weight excluding hydrogens is 182 g/mol. The average Bonchev–Trinajstić information content (AvgIpc) is 2.65. The zero-order valence-electron chi connectivity index (χ0n) is 7.03. The normalized spacial score (nSPS) is 11.5. The molecule has 64 valence electrons. The van der Waals surface area contributed by atoms with Gasteiger partial charge in [-0.3, -0.25) is 0 Å². The van der Waals surface area contributed by atoms with Gasteiger partial charge in [-0.1, -0.05) is 0 Å². The number of nitrogens with zero attached hydrogens (tertiary/aromatic N) is 2. The molecule has 0 fully saturated rings. The number of hydrogen-bond acceptors (Lipinski definition) is 3. The van der Waals surface area contributed by atoms with Crippen molar-refractivity contribution in [1.82, 2.24) is 15.0 Å². The third-order valence-corrected chi connectivity index (χ3v) is 2.92. The largest absolute Gasteiger partial charge is 0.342 e. The van der Waals surface area contributed by atoms with Crippen LogP contribution in [0.3, 0.4) is 0 Å². The molecule has 0 unspecified atom stereocenters. The average molecular weight is 189 g/mol. The molecule has 0 saturated heterocycles. The first-order valence-electron chi connectivity index (χ1n) is 4.03. The van der Waals surface area contributed by atoms with Crippen LogP contribution in [0.15, 0.2) is 17.6 Å². The minimum absolute atomic E-state index is 0.955. The predicted molar refractivity (Wildman–Crippen MR) is 54.0 cm³/mol. The summed E-state index contributed by atoms with van der Waals surface area (Å²) in [7, 11) is 0. The number of aromatic nitrogens is 3. The third kappa shape index (κ3) is 0.890. The lowest BCUT2D eigenvalue weighted by atomic mass is 10.3. The number of nitrogens with one attached hydrogen (secondary N) is 1. The molecule has 3 rings (SSSR count). The highest BCUT2D eigenvalue weighted by molar-refractivity contribution is 7.17. The summed E-state index contributed by atoms with van der Waals surface area (Å²) >= 11 is 1.64. The van der Waals surface area contributed by atoms with E-state index in [9.17, 15) is 0 Å². The lowest BCUT2D eigenvalue weighted by molar-refractivity contribution is 1.17. The van der Waals surface area contributed by atoms with Crippen LogP contribution in [-0.4, -0.2) is 15.0 Å². The highest BCUT2D eigenvalue weighted by Crippen LogP contribution is 2.25. The maximum atomic E-state index is 4.43. The maximum absolute atomic E-state index is 4.43. The highest BCUT2D eigenvalue weighted by Gasteiger charge is 2.05. The summed E-state index contributed by atoms with van der Waals surface area (Å²) in [4.78, 5) is 11.9. The van der Waals surface area contributed by atoms with E-state index in [0.717, 1.165) is 22.4 Å². The van der Waals surface area contributed by atoms with Crippen LogP contribution in [0.4, 0.5) is 0 Å². The summed E-state index contributed by atoms with van der Waals surface area (Å²) in [5, 5.41) is 0. The number of rotatable bonds is 0. The number of aryl methyl sites for hydroxylation is 1. The van der Waals surface area contributed by atoms with Gasteiger partial charge in [0, 0.05) is 0 Å². The van der Waals surface area contributed by atoms with Crippen LogP contribution < -0.4 is 0 Å². The molecule has 0 saturated carbocycles. The van der Waals surface area contributed by atoms with Crippen LogP contribution in [0, 0.1) is 6.92 Å². The first-order valence-corrected chi connectivity index (χ1v) is 4.91. The Bertz CT molecular complexity index is 579. The summed E-state index contributed by atoms with van der Waals surface area (Å²) in [6, 6.07) is 4.04. The van der Waals surface area contributed by atoms with E-state index in [0.29, 0.717) is 0 Å². The van der Waals surface area contributed by atoms with Crippen LogP contribution in [0.2, 0.25) is 0 Å². The van der Waals surface area contributed by atoms with Crippen LogP contribution in [0.1, 0.15) is 5.82 Å². The van der Waals surface area contributed by atoms with Crippen molar-refractivity contribution in [3.8, 4) is 0 Å². The molecule has 1 aromatic carbocycles. The highest BCUT2D eigenvalue weighted by atomic mass is 32.1. The fourth-order valence-corrected chi connectivity index (χ4v) is 2.30. The van der Waals surface area contributed by atoms with E-state index in [2.05, 4.69) is 15.0 Å². The molecule has 0 amide bonds. The van der Waals surface area contributed by atoms with Gasteiger partial charge in [0.1, 0.15) is 11.3 Å². The Hall–Kier alpha value is -1.42. The van der Waals surface area contributed by atoms with E-state index >= 15 is 0 Å². The van der Waals surface area contributed by atoms with Crippen molar-refractivity contribution >= 4 is 32.6 Å². The van der Waals surface area contributed by atoms with E-state index < -0.39 is 0 Å². The molecule has 0 spiro atoms. The minimum Gasteiger partial charge on any atom is -0.342 e. The van der Waals surface area contributed by atoms with E-state index in [4.69, 9.17) is 0 Å². The van der Waals surface area contributed by atoms with Crippen LogP contribution >= 0.6 is 11.3 Å². The smallest absolute Gasteiger partial charge is 0.108 e. The third-order valence-electron chi connectivity index (χ3n) is 2.07. The number of aromatic amines is 1. The molecule has 3 nitrogen and oxygen atoms in total. The minimum atomic E-state index is 0.955. The number of fused-ring (bicyclic) bond motifs is 3. The first-order chi connectivity index (χ1) is 6.34. The molecule has 13 heavy (non-hydrogen) atoms. The van der Waals surface area contributed by atoms with Crippen molar-refractivity contribution in [3.05, 3.63) is 23.5 Å². The molecule has 2 heterocycles. The SMILES string of the molecule is Cc1nc2c(ccc3ncsc32)[nH]1. The van der Waals surface area contributed by atoms with Gasteiger partial charge in [-0.2, -0.15) is 0 Å². The van der Waals surface area contributed by atoms with Crippen molar-refractivity contribution in [3.63, 3.8) is 0 Å². The number of hydrogen-bond donors (Lipinski definition) is 1. The van der Waals surface area contributed by atoms with Crippen LogP contribution in [-0.2, 0) is 0 Å². The van der Waals surface area contributed by atoms with Gasteiger partial charge < -0.3 is 4.98 Å². The number of benzene rings is 1. The summed E-state index contributed by atoms with van der Waals surface area (Å²) in [5.74, 6) is 0.955. The second-order valence-corrected chi connectivity index (χ2v) is 3.84. The first kappa shape index (κ1) is 7.03. The Labute approximate surface area is 78.4 Å². The van der Waals surface area contributed by atoms with Crippen molar-refractivity contribution in [2.75, 3.05) is 0 Å². The number of H-pyrrole nitrogens is 1. The summed E-state index contributed by atoms with van der Waals surface area (Å²) < 4.78 is 1.17. The van der Waals surface area contributed by atoms with E-state index in [1.807, 2.05) is 24.6 Å². The van der Waals surface area contributed by atoms with Crippen molar-refractivity contribution in [1.29, 1.82) is 0 Å². The molecule has 0 radical (unpaired) electrons. The van der Waals surface area contributed by atoms with Gasteiger partial charge in [-0.25, -0.2) is 9.97 Å². The van der Waals surface area contributed by atoms with Gasteiger partial charge in [0.15, 0.2) is 0 Å². The Balaban J connectivity index is 2.64. The van der Waals surface area contributed by atoms with Crippen LogP contribution in [0.5, 0.6) is 0 Å². The predicted octanol–water partition coefficient (Wildman–Crippen LogP) is 2.48. The molecule has 0 bridgehead atoms. The summed E-state index contributed by atoms with van der Waals surface area (Å²) in [6.45, 7) is 1.97. The van der Waals surface area contributed by atoms with Gasteiger partial charge >= 0.3 is 0 Å². The molecule has 0 aliphatic heterocycles. The molecule has 4 heteroatoms. The van der Waals surface area contributed by atoms with Gasteiger partial charge in [-0.05, 0) is 19.1 Å². The summed E-state index contributed by atoms with van der Waals surface area (Å²) in [6.07, 6.45) is 0. The van der Waals surface area contributed by atoms with Crippen LogP contribution in [0.25, 0.3) is 21.3 Å². The number of imidazole rings is 1. The van der Waals surface area contributed by atoms with Gasteiger partial charge in [0.05, 0.1) is 21.2 Å². The standard InChI is InChI=1S/C9H7N3S/c1-5-11-6-2-3-7-9(8(6)12-5)13-4-10-7/h2-4H,1H3,(H,11,12).